The number of nitrogens with one attached hydrogen (secondary N) is 1. The Bertz CT molecular complexity index is 206. The van der Waals surface area contributed by atoms with Gasteiger partial charge in [-0.2, -0.15) is 4.83 Å². The molecule has 1 saturated heterocycles. The highest BCUT2D eigenvalue weighted by molar-refractivity contribution is 8.00. The molecule has 2 aliphatic heterocycles. The van der Waals surface area contributed by atoms with Crippen LogP contribution in [-0.4, -0.2) is 22.6 Å². The second kappa shape index (κ2) is 2.75. The van der Waals surface area contributed by atoms with Crippen LogP contribution in [0, 0.1) is 0 Å². The molecule has 2 heterocycles. The maximum atomic E-state index is 11.2. The van der Waals surface area contributed by atoms with Gasteiger partial charge in [-0.25, -0.2) is 10.1 Å². The highest BCUT2D eigenvalue weighted by Crippen LogP contribution is 2.17. The van der Waals surface area contributed by atoms with E-state index in [2.05, 4.69) is 4.83 Å². The Kier molecular flexibility index (Phi) is 1.75. The number of carbonyl (C=O) groups is 1. The second-order valence-corrected chi connectivity index (χ2v) is 3.15. The topological polar surface area (TPSA) is 35.6 Å². The van der Waals surface area contributed by atoms with Gasteiger partial charge in [-0.1, -0.05) is 0 Å². The molecular weight excluding hydrogens is 162 g/mol. The van der Waals surface area contributed by atoms with E-state index >= 15 is 0 Å². The molecule has 1 fully saturated rings. The van der Waals surface area contributed by atoms with Crippen LogP contribution < -0.4 is 4.83 Å². The van der Waals surface area contributed by atoms with Crippen LogP contribution >= 0.6 is 11.9 Å². The predicted octanol–water partition coefficient (Wildman–Crippen LogP) is 0.463. The van der Waals surface area contributed by atoms with Gasteiger partial charge in [-0.15, -0.1) is 0 Å². The summed E-state index contributed by atoms with van der Waals surface area (Å²) < 4.78 is 0. The molecular formula is C6H9N3OS. The monoisotopic (exact) mass is 171 g/mol. The molecule has 60 valence electrons. The number of hydrogen-bond donors (Lipinski definition) is 1. The first kappa shape index (κ1) is 7.00. The van der Waals surface area contributed by atoms with Crippen molar-refractivity contribution in [2.75, 3.05) is 6.54 Å². The molecule has 5 heteroatoms. The predicted molar refractivity (Wildman–Crippen MR) is 42.7 cm³/mol. The number of nitrogens with zero attached hydrogens (tertiary/aromatic N) is 2. The minimum Gasteiger partial charge on any atom is -0.273 e. The lowest BCUT2D eigenvalue weighted by Crippen LogP contribution is -2.43. The van der Waals surface area contributed by atoms with Crippen LogP contribution in [0.15, 0.2) is 11.6 Å². The van der Waals surface area contributed by atoms with E-state index in [9.17, 15) is 4.79 Å². The molecule has 11 heavy (non-hydrogen) atoms. The highest BCUT2D eigenvalue weighted by atomic mass is 32.2. The smallest absolute Gasteiger partial charge is 0.242 e. The van der Waals surface area contributed by atoms with Gasteiger partial charge < -0.3 is 0 Å². The normalized spacial score (nSPS) is 23.8. The molecule has 0 spiro atoms. The molecule has 0 aliphatic carbocycles. The van der Waals surface area contributed by atoms with Crippen LogP contribution in [0.1, 0.15) is 12.8 Å². The molecule has 0 saturated carbocycles. The van der Waals surface area contributed by atoms with Gasteiger partial charge in [0.2, 0.25) is 5.91 Å². The quantitative estimate of drug-likeness (QED) is 0.581. The number of hydrazine groups is 2. The third kappa shape index (κ3) is 1.21. The molecule has 0 aromatic rings. The van der Waals surface area contributed by atoms with Gasteiger partial charge in [0.05, 0.1) is 0 Å². The summed E-state index contributed by atoms with van der Waals surface area (Å²) in [5, 5.41) is 5.36. The zero-order chi connectivity index (χ0) is 7.68. The van der Waals surface area contributed by atoms with Crippen molar-refractivity contribution in [1.82, 2.24) is 15.0 Å². The van der Waals surface area contributed by atoms with Crippen LogP contribution in [0.3, 0.4) is 0 Å². The molecule has 0 aromatic heterocycles. The largest absolute Gasteiger partial charge is 0.273 e. The van der Waals surface area contributed by atoms with E-state index in [1.165, 1.54) is 11.9 Å². The Morgan fingerprint density at radius 1 is 1.64 bits per heavy atom. The number of amides is 1. The van der Waals surface area contributed by atoms with Crippen molar-refractivity contribution in [2.24, 2.45) is 0 Å². The van der Waals surface area contributed by atoms with E-state index in [0.717, 1.165) is 13.0 Å². The molecule has 1 amide bonds. The Hall–Kier alpha value is -0.680. The van der Waals surface area contributed by atoms with Gasteiger partial charge in [0.25, 0.3) is 0 Å². The first-order chi connectivity index (χ1) is 5.38. The van der Waals surface area contributed by atoms with Crippen molar-refractivity contribution in [3.8, 4) is 0 Å². The van der Waals surface area contributed by atoms with Gasteiger partial charge >= 0.3 is 0 Å². The fraction of sp³-hybridized carbons (Fsp3) is 0.500. The van der Waals surface area contributed by atoms with Gasteiger partial charge in [0.1, 0.15) is 0 Å². The first-order valence-corrected chi connectivity index (χ1v) is 4.43. The van der Waals surface area contributed by atoms with Gasteiger partial charge in [0.15, 0.2) is 0 Å². The zero-order valence-electron chi connectivity index (χ0n) is 5.99. The molecule has 1 N–H and O–H groups in total. The Morgan fingerprint density at radius 3 is 3.09 bits per heavy atom. The Morgan fingerprint density at radius 2 is 2.55 bits per heavy atom. The maximum Gasteiger partial charge on any atom is 0.242 e. The molecule has 2 rings (SSSR count). The summed E-state index contributed by atoms with van der Waals surface area (Å²) >= 11 is 1.47. The number of hydrogen-bond acceptors (Lipinski definition) is 4. The van der Waals surface area contributed by atoms with E-state index < -0.39 is 0 Å². The highest BCUT2D eigenvalue weighted by Gasteiger charge is 2.25. The number of carbonyl (C=O) groups excluding carboxylic acids is 1. The third-order valence-electron chi connectivity index (χ3n) is 1.72. The van der Waals surface area contributed by atoms with Crippen molar-refractivity contribution < 1.29 is 4.79 Å². The van der Waals surface area contributed by atoms with E-state index in [1.807, 2.05) is 11.6 Å². The number of rotatable bonds is 1. The minimum atomic E-state index is 0.199. The minimum absolute atomic E-state index is 0.199. The average molecular weight is 171 g/mol. The third-order valence-corrected chi connectivity index (χ3v) is 2.28. The van der Waals surface area contributed by atoms with E-state index in [-0.39, 0.29) is 5.91 Å². The lowest BCUT2D eigenvalue weighted by atomic mass is 10.4. The van der Waals surface area contributed by atoms with Gasteiger partial charge in [-0.3, -0.25) is 4.79 Å². The van der Waals surface area contributed by atoms with Crippen LogP contribution in [0.25, 0.3) is 0 Å². The van der Waals surface area contributed by atoms with Crippen molar-refractivity contribution in [3.05, 3.63) is 11.6 Å². The molecule has 0 aromatic carbocycles. The van der Waals surface area contributed by atoms with E-state index in [4.69, 9.17) is 0 Å². The summed E-state index contributed by atoms with van der Waals surface area (Å²) in [6, 6.07) is 0. The summed E-state index contributed by atoms with van der Waals surface area (Å²) in [4.78, 5) is 14.1. The second-order valence-electron chi connectivity index (χ2n) is 2.46. The average Bonchev–Trinajstić information content (AvgIpc) is 2.55. The van der Waals surface area contributed by atoms with Crippen LogP contribution in [0.5, 0.6) is 0 Å². The summed E-state index contributed by atoms with van der Waals surface area (Å²) in [7, 11) is 0. The standard InChI is InChI=1S/C6H9N3OS/c10-6-2-1-3-8(6)9-4-5-11-7-9/h4-5,7H,1-3H2. The molecule has 4 nitrogen and oxygen atoms in total. The lowest BCUT2D eigenvalue weighted by Gasteiger charge is -2.25. The van der Waals surface area contributed by atoms with Crippen molar-refractivity contribution >= 4 is 17.9 Å². The van der Waals surface area contributed by atoms with Crippen LogP contribution in [0.2, 0.25) is 0 Å². The van der Waals surface area contributed by atoms with E-state index in [1.54, 1.807) is 10.1 Å². The first-order valence-electron chi connectivity index (χ1n) is 3.55. The molecule has 0 unspecified atom stereocenters. The summed E-state index contributed by atoms with van der Waals surface area (Å²) in [6.45, 7) is 0.830. The van der Waals surface area contributed by atoms with Crippen molar-refractivity contribution in [2.45, 2.75) is 12.8 Å². The molecule has 2 aliphatic rings. The Balaban J connectivity index is 2.03. The molecule has 0 bridgehead atoms. The molecule has 0 radical (unpaired) electrons. The van der Waals surface area contributed by atoms with Crippen LogP contribution in [0.4, 0.5) is 0 Å². The van der Waals surface area contributed by atoms with Crippen LogP contribution in [-0.2, 0) is 4.79 Å². The fourth-order valence-corrected chi connectivity index (χ4v) is 1.70. The Labute approximate surface area is 69.3 Å². The van der Waals surface area contributed by atoms with Gasteiger partial charge in [-0.05, 0) is 18.4 Å². The zero-order valence-corrected chi connectivity index (χ0v) is 6.80. The summed E-state index contributed by atoms with van der Waals surface area (Å²) in [5.74, 6) is 0.199. The van der Waals surface area contributed by atoms with Crippen molar-refractivity contribution in [1.29, 1.82) is 0 Å². The lowest BCUT2D eigenvalue weighted by molar-refractivity contribution is -0.140. The van der Waals surface area contributed by atoms with E-state index in [0.29, 0.717) is 6.42 Å². The SMILES string of the molecule is O=C1CCCN1N1C=CSN1. The fourth-order valence-electron chi connectivity index (χ4n) is 1.19. The molecule has 0 atom stereocenters. The maximum absolute atomic E-state index is 11.2. The summed E-state index contributed by atoms with van der Waals surface area (Å²) in [5.41, 5.74) is 0. The van der Waals surface area contributed by atoms with Gasteiger partial charge in [0, 0.05) is 24.6 Å². The van der Waals surface area contributed by atoms with Crippen molar-refractivity contribution in [3.63, 3.8) is 0 Å². The summed E-state index contributed by atoms with van der Waals surface area (Å²) in [6.07, 6.45) is 3.50.